The Balaban J connectivity index is 2.05. The third-order valence-electron chi connectivity index (χ3n) is 3.47. The van der Waals surface area contributed by atoms with Crippen molar-refractivity contribution in [3.63, 3.8) is 0 Å². The Morgan fingerprint density at radius 1 is 1.19 bits per heavy atom. The first kappa shape index (κ1) is 16.3. The molecule has 0 spiro atoms. The van der Waals surface area contributed by atoms with Gasteiger partial charge in [-0.3, -0.25) is 0 Å². The molecular formula is C16H21Cl2N3. The molecule has 1 atom stereocenters. The first-order valence-corrected chi connectivity index (χ1v) is 7.74. The molecular weight excluding hydrogens is 305 g/mol. The standard InChI is InChI=1S/C16H21Cl2N3/c1-16(2,3)15(10-21-5-4-19-11-21)20-9-12-6-13(17)8-14(18)7-12/h4-8,11,15,20H,9-10H2,1-3H3. The van der Waals surface area contributed by atoms with Crippen LogP contribution in [0.25, 0.3) is 0 Å². The summed E-state index contributed by atoms with van der Waals surface area (Å²) in [6, 6.07) is 5.94. The molecule has 0 saturated carbocycles. The van der Waals surface area contributed by atoms with Gasteiger partial charge >= 0.3 is 0 Å². The molecule has 1 aromatic heterocycles. The van der Waals surface area contributed by atoms with E-state index in [-0.39, 0.29) is 5.41 Å². The number of hydrogen-bond acceptors (Lipinski definition) is 2. The van der Waals surface area contributed by atoms with Gasteiger partial charge in [-0.25, -0.2) is 4.98 Å². The predicted molar refractivity (Wildman–Crippen MR) is 88.8 cm³/mol. The van der Waals surface area contributed by atoms with Crippen molar-refractivity contribution in [1.82, 2.24) is 14.9 Å². The monoisotopic (exact) mass is 325 g/mol. The molecule has 1 aromatic carbocycles. The van der Waals surface area contributed by atoms with Gasteiger partial charge in [-0.1, -0.05) is 44.0 Å². The van der Waals surface area contributed by atoms with Gasteiger partial charge in [0.25, 0.3) is 0 Å². The predicted octanol–water partition coefficient (Wildman–Crippen LogP) is 4.39. The number of benzene rings is 1. The lowest BCUT2D eigenvalue weighted by atomic mass is 9.86. The molecule has 114 valence electrons. The van der Waals surface area contributed by atoms with Gasteiger partial charge < -0.3 is 9.88 Å². The minimum absolute atomic E-state index is 0.132. The lowest BCUT2D eigenvalue weighted by Crippen LogP contribution is -2.42. The Hall–Kier alpha value is -1.03. The molecule has 0 aliphatic heterocycles. The second kappa shape index (κ2) is 6.82. The summed E-state index contributed by atoms with van der Waals surface area (Å²) in [5.74, 6) is 0. The van der Waals surface area contributed by atoms with Gasteiger partial charge in [0.15, 0.2) is 0 Å². The number of halogens is 2. The summed E-state index contributed by atoms with van der Waals surface area (Å²) in [6.45, 7) is 8.29. The number of nitrogens with zero attached hydrogens (tertiary/aromatic N) is 2. The summed E-state index contributed by atoms with van der Waals surface area (Å²) in [5, 5.41) is 4.94. The Kier molecular flexibility index (Phi) is 5.31. The third-order valence-corrected chi connectivity index (χ3v) is 3.91. The number of rotatable bonds is 5. The smallest absolute Gasteiger partial charge is 0.0946 e. The van der Waals surface area contributed by atoms with Gasteiger partial charge in [-0.05, 0) is 29.2 Å². The van der Waals surface area contributed by atoms with E-state index in [9.17, 15) is 0 Å². The van der Waals surface area contributed by atoms with Crippen molar-refractivity contribution >= 4 is 23.2 Å². The Labute approximate surface area is 136 Å². The van der Waals surface area contributed by atoms with Crippen LogP contribution < -0.4 is 5.32 Å². The van der Waals surface area contributed by atoms with Crippen LogP contribution in [0.5, 0.6) is 0 Å². The summed E-state index contributed by atoms with van der Waals surface area (Å²) < 4.78 is 2.09. The summed E-state index contributed by atoms with van der Waals surface area (Å²) >= 11 is 12.1. The van der Waals surface area contributed by atoms with Crippen molar-refractivity contribution in [1.29, 1.82) is 0 Å². The lowest BCUT2D eigenvalue weighted by Gasteiger charge is -2.32. The lowest BCUT2D eigenvalue weighted by molar-refractivity contribution is 0.240. The second-order valence-electron chi connectivity index (χ2n) is 6.34. The largest absolute Gasteiger partial charge is 0.336 e. The molecule has 1 N–H and O–H groups in total. The minimum atomic E-state index is 0.132. The van der Waals surface area contributed by atoms with Crippen LogP contribution in [-0.2, 0) is 13.1 Å². The molecule has 2 aromatic rings. The van der Waals surface area contributed by atoms with E-state index in [4.69, 9.17) is 23.2 Å². The van der Waals surface area contributed by atoms with E-state index in [0.717, 1.165) is 18.7 Å². The Morgan fingerprint density at radius 3 is 2.38 bits per heavy atom. The normalized spacial score (nSPS) is 13.4. The summed E-state index contributed by atoms with van der Waals surface area (Å²) in [5.41, 5.74) is 1.22. The highest BCUT2D eigenvalue weighted by Gasteiger charge is 2.24. The molecule has 2 rings (SSSR count). The SMILES string of the molecule is CC(C)(C)C(Cn1ccnc1)NCc1cc(Cl)cc(Cl)c1. The number of nitrogens with one attached hydrogen (secondary N) is 1. The van der Waals surface area contributed by atoms with Crippen molar-refractivity contribution < 1.29 is 0 Å². The summed E-state index contributed by atoms with van der Waals surface area (Å²) in [4.78, 5) is 4.10. The molecule has 1 unspecified atom stereocenters. The van der Waals surface area contributed by atoms with Gasteiger partial charge in [0.05, 0.1) is 6.33 Å². The molecule has 0 amide bonds. The van der Waals surface area contributed by atoms with Crippen LogP contribution >= 0.6 is 23.2 Å². The zero-order valence-corrected chi connectivity index (χ0v) is 14.1. The van der Waals surface area contributed by atoms with Gasteiger partial charge in [0, 0.05) is 41.6 Å². The van der Waals surface area contributed by atoms with E-state index in [1.54, 1.807) is 12.3 Å². The van der Waals surface area contributed by atoms with Crippen molar-refractivity contribution in [2.24, 2.45) is 5.41 Å². The quantitative estimate of drug-likeness (QED) is 0.883. The van der Waals surface area contributed by atoms with Crippen LogP contribution in [0.2, 0.25) is 10.0 Å². The number of aromatic nitrogens is 2. The van der Waals surface area contributed by atoms with Gasteiger partial charge in [-0.15, -0.1) is 0 Å². The maximum atomic E-state index is 6.05. The fraction of sp³-hybridized carbons (Fsp3) is 0.438. The molecule has 5 heteroatoms. The first-order chi connectivity index (χ1) is 9.84. The molecule has 1 heterocycles. The van der Waals surface area contributed by atoms with E-state index in [2.05, 4.69) is 35.6 Å². The fourth-order valence-electron chi connectivity index (χ4n) is 2.20. The average Bonchev–Trinajstić information content (AvgIpc) is 2.84. The highest BCUT2D eigenvalue weighted by atomic mass is 35.5. The molecule has 0 fully saturated rings. The van der Waals surface area contributed by atoms with Crippen LogP contribution in [-0.4, -0.2) is 15.6 Å². The zero-order valence-electron chi connectivity index (χ0n) is 12.6. The second-order valence-corrected chi connectivity index (χ2v) is 7.21. The number of imidazole rings is 1. The van der Waals surface area contributed by atoms with E-state index in [1.165, 1.54) is 0 Å². The molecule has 0 aliphatic carbocycles. The van der Waals surface area contributed by atoms with E-state index in [0.29, 0.717) is 16.1 Å². The van der Waals surface area contributed by atoms with Crippen LogP contribution in [0.3, 0.4) is 0 Å². The molecule has 3 nitrogen and oxygen atoms in total. The Bertz CT molecular complexity index is 553. The average molecular weight is 326 g/mol. The highest BCUT2D eigenvalue weighted by Crippen LogP contribution is 2.23. The van der Waals surface area contributed by atoms with E-state index >= 15 is 0 Å². The maximum Gasteiger partial charge on any atom is 0.0946 e. The molecule has 21 heavy (non-hydrogen) atoms. The molecule has 0 bridgehead atoms. The topological polar surface area (TPSA) is 29.9 Å². The third kappa shape index (κ3) is 5.03. The van der Waals surface area contributed by atoms with Gasteiger partial charge in [-0.2, -0.15) is 0 Å². The van der Waals surface area contributed by atoms with Crippen molar-refractivity contribution in [2.45, 2.75) is 39.9 Å². The molecule has 0 aliphatic rings. The van der Waals surface area contributed by atoms with Crippen LogP contribution in [0.1, 0.15) is 26.3 Å². The fourth-order valence-corrected chi connectivity index (χ4v) is 2.78. The van der Waals surface area contributed by atoms with Crippen LogP contribution in [0.4, 0.5) is 0 Å². The van der Waals surface area contributed by atoms with Crippen molar-refractivity contribution in [3.8, 4) is 0 Å². The van der Waals surface area contributed by atoms with E-state index < -0.39 is 0 Å². The summed E-state index contributed by atoms with van der Waals surface area (Å²) in [7, 11) is 0. The van der Waals surface area contributed by atoms with E-state index in [1.807, 2.05) is 24.7 Å². The maximum absolute atomic E-state index is 6.05. The summed E-state index contributed by atoms with van der Waals surface area (Å²) in [6.07, 6.45) is 5.63. The first-order valence-electron chi connectivity index (χ1n) is 6.99. The van der Waals surface area contributed by atoms with Crippen LogP contribution in [0, 0.1) is 5.41 Å². The Morgan fingerprint density at radius 2 is 1.86 bits per heavy atom. The minimum Gasteiger partial charge on any atom is -0.336 e. The molecule has 0 saturated heterocycles. The number of hydrogen-bond donors (Lipinski definition) is 1. The van der Waals surface area contributed by atoms with Crippen molar-refractivity contribution in [2.75, 3.05) is 0 Å². The van der Waals surface area contributed by atoms with Gasteiger partial charge in [0.2, 0.25) is 0 Å². The van der Waals surface area contributed by atoms with Crippen molar-refractivity contribution in [3.05, 3.63) is 52.5 Å². The van der Waals surface area contributed by atoms with Crippen LogP contribution in [0.15, 0.2) is 36.9 Å². The highest BCUT2D eigenvalue weighted by molar-refractivity contribution is 6.34. The van der Waals surface area contributed by atoms with Gasteiger partial charge in [0.1, 0.15) is 0 Å². The molecule has 0 radical (unpaired) electrons. The zero-order chi connectivity index (χ0) is 15.5.